The third kappa shape index (κ3) is 2.56. The van der Waals surface area contributed by atoms with Crippen LogP contribution in [0.4, 0.5) is 0 Å². The Labute approximate surface area is 153 Å². The molecule has 0 aliphatic carbocycles. The molecule has 0 aliphatic heterocycles. The van der Waals surface area contributed by atoms with Crippen molar-refractivity contribution in [1.29, 1.82) is 0 Å². The van der Waals surface area contributed by atoms with Gasteiger partial charge in [-0.15, -0.1) is 0 Å². The van der Waals surface area contributed by atoms with Crippen LogP contribution in [0.15, 0.2) is 61.3 Å². The van der Waals surface area contributed by atoms with Crippen LogP contribution >= 0.6 is 0 Å². The molecule has 4 rings (SSSR count). The highest BCUT2D eigenvalue weighted by Crippen LogP contribution is 2.20. The third-order valence-electron chi connectivity index (χ3n) is 4.42. The van der Waals surface area contributed by atoms with Gasteiger partial charge in [0, 0.05) is 16.5 Å². The minimum Gasteiger partial charge on any atom is -0.805 e. The van der Waals surface area contributed by atoms with E-state index in [2.05, 4.69) is 16.5 Å². The molecule has 0 N–H and O–H groups in total. The summed E-state index contributed by atoms with van der Waals surface area (Å²) in [5.41, 5.74) is 1.57. The Hall–Kier alpha value is -3.87. The largest absolute Gasteiger partial charge is 0.805 e. The Kier molecular flexibility index (Phi) is 3.77. The molecule has 2 aromatic carbocycles. The number of para-hydroxylation sites is 4. The Morgan fingerprint density at radius 3 is 2.56 bits per heavy atom. The van der Waals surface area contributed by atoms with Crippen LogP contribution in [0.1, 0.15) is 21.9 Å². The summed E-state index contributed by atoms with van der Waals surface area (Å²) in [6.07, 6.45) is 1.43. The van der Waals surface area contributed by atoms with Crippen LogP contribution in [-0.4, -0.2) is 20.5 Å². The lowest BCUT2D eigenvalue weighted by atomic mass is 10.1. The monoisotopic (exact) mass is 358 g/mol. The predicted molar refractivity (Wildman–Crippen MR) is 102 cm³/mol. The summed E-state index contributed by atoms with van der Waals surface area (Å²) in [5, 5.41) is 12.5. The molecule has 4 aromatic rings. The molecule has 0 saturated heterocycles. The van der Waals surface area contributed by atoms with Crippen LogP contribution in [0.5, 0.6) is 0 Å². The van der Waals surface area contributed by atoms with Gasteiger partial charge >= 0.3 is 5.69 Å². The number of benzene rings is 2. The van der Waals surface area contributed by atoms with Crippen molar-refractivity contribution >= 4 is 33.4 Å². The van der Waals surface area contributed by atoms with Gasteiger partial charge in [-0.05, 0) is 25.1 Å². The zero-order chi connectivity index (χ0) is 19.1. The highest BCUT2D eigenvalue weighted by Gasteiger charge is 2.29. The molecule has 2 heterocycles. The molecule has 0 aliphatic rings. The molecule has 0 atom stereocenters. The molecule has 132 valence electrons. The number of aromatic nitrogens is 4. The molecule has 0 unspecified atom stereocenters. The number of hydrogen-bond donors (Lipinski definition) is 0. The molecule has 0 saturated carbocycles. The van der Waals surface area contributed by atoms with E-state index in [9.17, 15) is 14.9 Å². The first-order valence-corrected chi connectivity index (χ1v) is 8.19. The van der Waals surface area contributed by atoms with Gasteiger partial charge in [0.15, 0.2) is 0 Å². The molecule has 7 heteroatoms. The maximum Gasteiger partial charge on any atom is 0.329 e. The van der Waals surface area contributed by atoms with Gasteiger partial charge in [-0.3, -0.25) is 9.78 Å². The molecule has 0 fully saturated rings. The molecule has 0 amide bonds. The van der Waals surface area contributed by atoms with Crippen molar-refractivity contribution in [2.24, 2.45) is 0 Å². The molecule has 0 radical (unpaired) electrons. The van der Waals surface area contributed by atoms with Gasteiger partial charge in [0.25, 0.3) is 11.3 Å². The quantitative estimate of drug-likeness (QED) is 0.319. The molecule has 0 bridgehead atoms. The van der Waals surface area contributed by atoms with E-state index in [-0.39, 0.29) is 33.7 Å². The lowest BCUT2D eigenvalue weighted by molar-refractivity contribution is -0.468. The molecular formula is C20H14N4O3. The van der Waals surface area contributed by atoms with Gasteiger partial charge in [0.05, 0.1) is 33.0 Å². The van der Waals surface area contributed by atoms with Crippen molar-refractivity contribution in [2.75, 3.05) is 0 Å². The van der Waals surface area contributed by atoms with Gasteiger partial charge in [-0.2, -0.15) is 0 Å². The summed E-state index contributed by atoms with van der Waals surface area (Å²) >= 11 is 0. The number of nitrogens with zero attached hydrogens (tertiary/aromatic N) is 4. The Balaban J connectivity index is 1.87. The molecular weight excluding hydrogens is 344 g/mol. The second-order valence-corrected chi connectivity index (χ2v) is 6.06. The van der Waals surface area contributed by atoms with E-state index < -0.39 is 5.78 Å². The van der Waals surface area contributed by atoms with Crippen molar-refractivity contribution in [3.8, 4) is 0 Å². The lowest BCUT2D eigenvalue weighted by Crippen LogP contribution is -2.30. The first-order chi connectivity index (χ1) is 13.0. The number of ketones is 1. The van der Waals surface area contributed by atoms with E-state index >= 15 is 0 Å². The average Bonchev–Trinajstić information content (AvgIpc) is 2.71. The summed E-state index contributed by atoms with van der Waals surface area (Å²) in [7, 11) is 0. The second-order valence-electron chi connectivity index (χ2n) is 6.06. The van der Waals surface area contributed by atoms with Crippen LogP contribution in [-0.2, 0) is 0 Å². The van der Waals surface area contributed by atoms with Crippen LogP contribution in [0.3, 0.4) is 0 Å². The number of Topliss-reactive ketones (excluding diaryl/α,β-unsaturated/α-hetero) is 1. The summed E-state index contributed by atoms with van der Waals surface area (Å²) in [5.74, 6) is -0.664. The standard InChI is InChI=1S/C20H14N4O3/c1-12(16-11-21-14-7-3-4-8-15(14)22-16)20(25)19-13(2)23(26)17-9-5-6-10-18(17)24(19)27/h3-11H,1H2,2H3. The minimum atomic E-state index is -0.664. The number of carbonyl (C=O) groups excluding carboxylic acids is 1. The lowest BCUT2D eigenvalue weighted by Gasteiger charge is -2.16. The van der Waals surface area contributed by atoms with E-state index in [1.54, 1.807) is 24.3 Å². The normalized spacial score (nSPS) is 11.0. The highest BCUT2D eigenvalue weighted by molar-refractivity contribution is 6.27. The summed E-state index contributed by atoms with van der Waals surface area (Å²) in [6, 6.07) is 13.5. The third-order valence-corrected chi connectivity index (χ3v) is 4.42. The van der Waals surface area contributed by atoms with Gasteiger partial charge < -0.3 is 9.94 Å². The van der Waals surface area contributed by atoms with E-state index in [1.165, 1.54) is 25.3 Å². The number of carbonyl (C=O) groups is 1. The van der Waals surface area contributed by atoms with E-state index in [1.807, 2.05) is 12.1 Å². The van der Waals surface area contributed by atoms with Crippen molar-refractivity contribution in [1.82, 2.24) is 14.7 Å². The number of fused-ring (bicyclic) bond motifs is 2. The second kappa shape index (κ2) is 6.14. The predicted octanol–water partition coefficient (Wildman–Crippen LogP) is 3.05. The number of hydrogen-bond acceptors (Lipinski definition) is 5. The van der Waals surface area contributed by atoms with E-state index in [0.29, 0.717) is 20.2 Å². The molecule has 27 heavy (non-hydrogen) atoms. The molecule has 0 spiro atoms. The maximum absolute atomic E-state index is 13.0. The minimum absolute atomic E-state index is 0.00333. The fourth-order valence-electron chi connectivity index (χ4n) is 2.97. The van der Waals surface area contributed by atoms with Crippen LogP contribution in [0.25, 0.3) is 27.6 Å². The number of rotatable bonds is 3. The van der Waals surface area contributed by atoms with E-state index in [4.69, 9.17) is 0 Å². The zero-order valence-corrected chi connectivity index (χ0v) is 14.4. The maximum atomic E-state index is 13.0. The Morgan fingerprint density at radius 2 is 1.78 bits per heavy atom. The van der Waals surface area contributed by atoms with Gasteiger partial charge in [0.2, 0.25) is 0 Å². The fourth-order valence-corrected chi connectivity index (χ4v) is 2.97. The smallest absolute Gasteiger partial charge is 0.329 e. The summed E-state index contributed by atoms with van der Waals surface area (Å²) in [6.45, 7) is 5.22. The topological polar surface area (TPSA) is 93.8 Å². The Bertz CT molecular complexity index is 1310. The number of allylic oxidation sites excluding steroid dienone is 1. The molecule has 2 aromatic heterocycles. The zero-order valence-electron chi connectivity index (χ0n) is 14.4. The first-order valence-electron chi connectivity index (χ1n) is 8.19. The van der Waals surface area contributed by atoms with Gasteiger partial charge in [-0.1, -0.05) is 30.8 Å². The molecule has 7 nitrogen and oxygen atoms in total. The highest BCUT2D eigenvalue weighted by atomic mass is 16.5. The van der Waals surface area contributed by atoms with E-state index in [0.717, 1.165) is 0 Å². The average molecular weight is 358 g/mol. The van der Waals surface area contributed by atoms with Crippen LogP contribution in [0.2, 0.25) is 0 Å². The SMILES string of the molecule is C=C(C(=O)c1c(C)n([O-])c2ccccc2[n+]1=O)c1cnc2ccccc2n1. The summed E-state index contributed by atoms with van der Waals surface area (Å²) in [4.78, 5) is 34.4. The van der Waals surface area contributed by atoms with Gasteiger partial charge in [-0.25, -0.2) is 4.98 Å². The van der Waals surface area contributed by atoms with Crippen molar-refractivity contribution in [2.45, 2.75) is 6.92 Å². The fraction of sp³-hybridized carbons (Fsp3) is 0.0500. The first kappa shape index (κ1) is 16.6. The van der Waals surface area contributed by atoms with Crippen molar-refractivity contribution in [3.05, 3.63) is 88.5 Å². The van der Waals surface area contributed by atoms with Crippen LogP contribution in [0, 0.1) is 17.0 Å². The van der Waals surface area contributed by atoms with Crippen molar-refractivity contribution in [3.63, 3.8) is 0 Å². The van der Waals surface area contributed by atoms with Gasteiger partial charge in [0.1, 0.15) is 5.52 Å². The summed E-state index contributed by atoms with van der Waals surface area (Å²) < 4.78 is 1.05. The van der Waals surface area contributed by atoms with Crippen molar-refractivity contribution < 1.29 is 9.22 Å². The van der Waals surface area contributed by atoms with Crippen LogP contribution < -0.4 is 4.43 Å². The Morgan fingerprint density at radius 1 is 1.11 bits per heavy atom.